The van der Waals surface area contributed by atoms with Gasteiger partial charge in [0.2, 0.25) is 0 Å². The lowest BCUT2D eigenvalue weighted by Gasteiger charge is -2.07. The van der Waals surface area contributed by atoms with Crippen molar-refractivity contribution < 1.29 is 9.53 Å². The fourth-order valence-corrected chi connectivity index (χ4v) is 1.62. The van der Waals surface area contributed by atoms with Gasteiger partial charge in [-0.1, -0.05) is 24.3 Å². The fourth-order valence-electron chi connectivity index (χ4n) is 1.62. The first-order valence-corrected chi connectivity index (χ1v) is 4.96. The first-order valence-electron chi connectivity index (χ1n) is 4.96. The number of hydrogen-bond donors (Lipinski definition) is 0. The van der Waals surface area contributed by atoms with E-state index in [2.05, 4.69) is 0 Å². The van der Waals surface area contributed by atoms with Gasteiger partial charge < -0.3 is 4.74 Å². The van der Waals surface area contributed by atoms with Crippen molar-refractivity contribution >= 4 is 17.1 Å². The molecular formula is C13H12O2. The quantitative estimate of drug-likeness (QED) is 0.712. The number of aldehydes is 1. The van der Waals surface area contributed by atoms with Crippen LogP contribution in [0.1, 0.15) is 17.3 Å². The molecule has 0 fully saturated rings. The lowest BCUT2D eigenvalue weighted by atomic mass is 10.1. The Morgan fingerprint density at radius 1 is 1.27 bits per heavy atom. The third-order valence-corrected chi connectivity index (χ3v) is 2.30. The molecule has 0 aliphatic heterocycles. The number of carbonyl (C=O) groups is 1. The van der Waals surface area contributed by atoms with Crippen molar-refractivity contribution in [3.8, 4) is 5.75 Å². The summed E-state index contributed by atoms with van der Waals surface area (Å²) >= 11 is 0. The smallest absolute Gasteiger partial charge is 0.150 e. The maximum absolute atomic E-state index is 10.7. The third-order valence-electron chi connectivity index (χ3n) is 2.30. The summed E-state index contributed by atoms with van der Waals surface area (Å²) in [5.41, 5.74) is 0.676. The van der Waals surface area contributed by atoms with E-state index in [-0.39, 0.29) is 0 Å². The highest BCUT2D eigenvalue weighted by Crippen LogP contribution is 2.26. The van der Waals surface area contributed by atoms with Gasteiger partial charge in [0.05, 0.1) is 6.61 Å². The van der Waals surface area contributed by atoms with Crippen molar-refractivity contribution in [3.05, 3.63) is 42.0 Å². The summed E-state index contributed by atoms with van der Waals surface area (Å²) in [6.45, 7) is 2.58. The van der Waals surface area contributed by atoms with E-state index in [1.807, 2.05) is 43.3 Å². The molecule has 2 nitrogen and oxygen atoms in total. The fraction of sp³-hybridized carbons (Fsp3) is 0.154. The monoisotopic (exact) mass is 200 g/mol. The van der Waals surface area contributed by atoms with Gasteiger partial charge in [0, 0.05) is 10.9 Å². The highest BCUT2D eigenvalue weighted by atomic mass is 16.5. The van der Waals surface area contributed by atoms with E-state index >= 15 is 0 Å². The first kappa shape index (κ1) is 9.71. The Hall–Kier alpha value is -1.83. The van der Waals surface area contributed by atoms with Gasteiger partial charge in [0.1, 0.15) is 12.0 Å². The average Bonchev–Trinajstić information content (AvgIpc) is 2.29. The maximum atomic E-state index is 10.7. The van der Waals surface area contributed by atoms with Crippen LogP contribution in [0.2, 0.25) is 0 Å². The summed E-state index contributed by atoms with van der Waals surface area (Å²) in [7, 11) is 0. The summed E-state index contributed by atoms with van der Waals surface area (Å²) in [6.07, 6.45) is 0.849. The van der Waals surface area contributed by atoms with Crippen LogP contribution < -0.4 is 4.74 Å². The first-order chi connectivity index (χ1) is 7.35. The van der Waals surface area contributed by atoms with Crippen LogP contribution in [0.25, 0.3) is 10.8 Å². The molecule has 0 saturated heterocycles. The average molecular weight is 200 g/mol. The Kier molecular flexibility index (Phi) is 2.68. The minimum absolute atomic E-state index is 0.629. The van der Waals surface area contributed by atoms with Crippen LogP contribution in [-0.2, 0) is 0 Å². The third kappa shape index (κ3) is 1.84. The number of ether oxygens (including phenoxy) is 1. The van der Waals surface area contributed by atoms with Gasteiger partial charge in [0.15, 0.2) is 0 Å². The van der Waals surface area contributed by atoms with Gasteiger partial charge >= 0.3 is 0 Å². The standard InChI is InChI=1S/C13H12O2/c1-2-15-13-5-3-4-11-7-6-10(9-14)8-12(11)13/h3-9H,2H2,1H3. The van der Waals surface area contributed by atoms with Gasteiger partial charge in [-0.2, -0.15) is 0 Å². The van der Waals surface area contributed by atoms with Crippen molar-refractivity contribution in [1.82, 2.24) is 0 Å². The Morgan fingerprint density at radius 2 is 2.13 bits per heavy atom. The van der Waals surface area contributed by atoms with Gasteiger partial charge in [-0.15, -0.1) is 0 Å². The number of hydrogen-bond acceptors (Lipinski definition) is 2. The molecule has 2 rings (SSSR count). The van der Waals surface area contributed by atoms with E-state index in [0.29, 0.717) is 12.2 Å². The molecule has 0 radical (unpaired) electrons. The lowest BCUT2D eigenvalue weighted by Crippen LogP contribution is -1.92. The predicted octanol–water partition coefficient (Wildman–Crippen LogP) is 3.05. The Bertz CT molecular complexity index is 489. The van der Waals surface area contributed by atoms with E-state index in [1.165, 1.54) is 0 Å². The molecule has 0 aromatic heterocycles. The van der Waals surface area contributed by atoms with Crippen LogP contribution in [0.4, 0.5) is 0 Å². The zero-order chi connectivity index (χ0) is 10.7. The summed E-state index contributed by atoms with van der Waals surface area (Å²) in [4.78, 5) is 10.7. The largest absolute Gasteiger partial charge is 0.493 e. The molecule has 2 heteroatoms. The van der Waals surface area contributed by atoms with E-state index in [1.54, 1.807) is 0 Å². The number of carbonyl (C=O) groups excluding carboxylic acids is 1. The molecule has 76 valence electrons. The minimum Gasteiger partial charge on any atom is -0.493 e. The second kappa shape index (κ2) is 4.13. The van der Waals surface area contributed by atoms with Crippen LogP contribution in [0.5, 0.6) is 5.75 Å². The predicted molar refractivity (Wildman–Crippen MR) is 60.5 cm³/mol. The molecule has 0 saturated carbocycles. The van der Waals surface area contributed by atoms with Crippen LogP contribution in [0.15, 0.2) is 36.4 Å². The van der Waals surface area contributed by atoms with Crippen molar-refractivity contribution in [2.75, 3.05) is 6.61 Å². The van der Waals surface area contributed by atoms with Gasteiger partial charge in [0.25, 0.3) is 0 Å². The second-order valence-electron chi connectivity index (χ2n) is 3.29. The van der Waals surface area contributed by atoms with Crippen molar-refractivity contribution in [2.24, 2.45) is 0 Å². The van der Waals surface area contributed by atoms with Crippen molar-refractivity contribution in [3.63, 3.8) is 0 Å². The lowest BCUT2D eigenvalue weighted by molar-refractivity contribution is 0.112. The molecule has 0 atom stereocenters. The molecule has 0 heterocycles. The minimum atomic E-state index is 0.629. The molecular weight excluding hydrogens is 188 g/mol. The second-order valence-corrected chi connectivity index (χ2v) is 3.29. The van der Waals surface area contributed by atoms with Crippen LogP contribution in [0, 0.1) is 0 Å². The molecule has 0 amide bonds. The molecule has 2 aromatic rings. The Balaban J connectivity index is 2.64. The SMILES string of the molecule is CCOc1cccc2ccc(C=O)cc12. The normalized spacial score (nSPS) is 10.2. The van der Waals surface area contributed by atoms with E-state index in [4.69, 9.17) is 4.74 Å². The molecule has 0 aliphatic carbocycles. The summed E-state index contributed by atoms with van der Waals surface area (Å²) < 4.78 is 5.50. The Labute approximate surface area is 88.5 Å². The highest BCUT2D eigenvalue weighted by molar-refractivity contribution is 5.92. The van der Waals surface area contributed by atoms with Gasteiger partial charge in [-0.3, -0.25) is 4.79 Å². The summed E-state index contributed by atoms with van der Waals surface area (Å²) in [5.74, 6) is 0.832. The molecule has 0 aliphatic rings. The van der Waals surface area contributed by atoms with E-state index in [0.717, 1.165) is 22.8 Å². The number of rotatable bonds is 3. The van der Waals surface area contributed by atoms with E-state index in [9.17, 15) is 4.79 Å². The van der Waals surface area contributed by atoms with Crippen LogP contribution >= 0.6 is 0 Å². The molecule has 0 spiro atoms. The molecule has 0 bridgehead atoms. The summed E-state index contributed by atoms with van der Waals surface area (Å²) in [6, 6.07) is 11.5. The topological polar surface area (TPSA) is 26.3 Å². The number of fused-ring (bicyclic) bond motifs is 1. The molecule has 0 N–H and O–H groups in total. The maximum Gasteiger partial charge on any atom is 0.150 e. The van der Waals surface area contributed by atoms with E-state index < -0.39 is 0 Å². The highest BCUT2D eigenvalue weighted by Gasteiger charge is 2.01. The molecule has 2 aromatic carbocycles. The van der Waals surface area contributed by atoms with Crippen molar-refractivity contribution in [1.29, 1.82) is 0 Å². The van der Waals surface area contributed by atoms with Crippen LogP contribution in [-0.4, -0.2) is 12.9 Å². The van der Waals surface area contributed by atoms with Gasteiger partial charge in [-0.25, -0.2) is 0 Å². The Morgan fingerprint density at radius 3 is 2.87 bits per heavy atom. The molecule has 0 unspecified atom stereocenters. The number of benzene rings is 2. The zero-order valence-electron chi connectivity index (χ0n) is 8.57. The van der Waals surface area contributed by atoms with Crippen molar-refractivity contribution in [2.45, 2.75) is 6.92 Å². The summed E-state index contributed by atoms with van der Waals surface area (Å²) in [5, 5.41) is 2.08. The van der Waals surface area contributed by atoms with Gasteiger partial charge in [-0.05, 0) is 24.4 Å². The van der Waals surface area contributed by atoms with Crippen LogP contribution in [0.3, 0.4) is 0 Å². The molecule has 15 heavy (non-hydrogen) atoms. The zero-order valence-corrected chi connectivity index (χ0v) is 8.57.